The molecule has 0 N–H and O–H groups in total. The van der Waals surface area contributed by atoms with Gasteiger partial charge in [0.1, 0.15) is 12.4 Å². The highest BCUT2D eigenvalue weighted by molar-refractivity contribution is 9.10. The monoisotopic (exact) mass is 672 g/mol. The Labute approximate surface area is 265 Å². The average Bonchev–Trinajstić information content (AvgIpc) is 3.30. The molecule has 0 fully saturated rings. The number of ether oxygens (including phenoxy) is 2. The van der Waals surface area contributed by atoms with Gasteiger partial charge in [-0.05, 0) is 76.0 Å². The SMILES string of the molecule is CCOC(=O)C1=C(C)N=c2s/c(=C/c3ccc(OCc4ccccc4Cl)c(Br)c3)c(=O)n2[C@H]1c1cccc2ccccc12. The predicted octanol–water partition coefficient (Wildman–Crippen LogP) is 6.95. The molecule has 6 nitrogen and oxygen atoms in total. The number of fused-ring (bicyclic) bond motifs is 2. The Kier molecular flexibility index (Phi) is 8.34. The topological polar surface area (TPSA) is 69.9 Å². The standard InChI is InChI=1S/C34H26BrClN2O4S/c1-3-41-33(40)30-20(2)37-34-38(31(30)25-13-8-11-22-9-4-6-12-24(22)25)32(39)29(43-34)18-21-15-16-28(26(35)17-21)42-19-23-10-5-7-14-27(23)36/h4-18,31H,3,19H2,1-2H3/b29-18+/t31-/m0/s1. The summed E-state index contributed by atoms with van der Waals surface area (Å²) in [4.78, 5) is 32.6. The Morgan fingerprint density at radius 1 is 1.07 bits per heavy atom. The molecular weight excluding hydrogens is 648 g/mol. The van der Waals surface area contributed by atoms with Crippen LogP contribution in [0.3, 0.4) is 0 Å². The molecule has 5 aromatic rings. The van der Waals surface area contributed by atoms with Gasteiger partial charge in [0, 0.05) is 10.6 Å². The van der Waals surface area contributed by atoms with E-state index in [-0.39, 0.29) is 12.2 Å². The highest BCUT2D eigenvalue weighted by atomic mass is 79.9. The number of carbonyl (C=O) groups is 1. The van der Waals surface area contributed by atoms with Crippen molar-refractivity contribution in [2.75, 3.05) is 6.61 Å². The van der Waals surface area contributed by atoms with Crippen molar-refractivity contribution in [2.45, 2.75) is 26.5 Å². The van der Waals surface area contributed by atoms with Crippen LogP contribution in [0, 0.1) is 0 Å². The number of hydrogen-bond acceptors (Lipinski definition) is 6. The molecule has 1 atom stereocenters. The molecule has 0 saturated heterocycles. The summed E-state index contributed by atoms with van der Waals surface area (Å²) in [5, 5.41) is 2.62. The van der Waals surface area contributed by atoms with Crippen LogP contribution in [0.2, 0.25) is 5.02 Å². The zero-order valence-corrected chi connectivity index (χ0v) is 26.5. The van der Waals surface area contributed by atoms with Crippen LogP contribution in [0.15, 0.2) is 110 Å². The summed E-state index contributed by atoms with van der Waals surface area (Å²) in [5.74, 6) is 0.177. The van der Waals surface area contributed by atoms with Crippen molar-refractivity contribution < 1.29 is 14.3 Å². The summed E-state index contributed by atoms with van der Waals surface area (Å²) in [6, 6.07) is 26.4. The summed E-state index contributed by atoms with van der Waals surface area (Å²) in [5.41, 5.74) is 3.20. The van der Waals surface area contributed by atoms with Gasteiger partial charge in [-0.1, -0.05) is 89.7 Å². The van der Waals surface area contributed by atoms with Crippen LogP contribution in [0.25, 0.3) is 16.8 Å². The Bertz CT molecular complexity index is 2090. The molecule has 43 heavy (non-hydrogen) atoms. The number of allylic oxidation sites excluding steroid dienone is 1. The van der Waals surface area contributed by atoms with Gasteiger partial charge in [0.2, 0.25) is 0 Å². The number of carbonyl (C=O) groups excluding carboxylic acids is 1. The first-order valence-corrected chi connectivity index (χ1v) is 15.7. The minimum Gasteiger partial charge on any atom is -0.488 e. The summed E-state index contributed by atoms with van der Waals surface area (Å²) >= 11 is 11.2. The minimum absolute atomic E-state index is 0.218. The lowest BCUT2D eigenvalue weighted by atomic mass is 9.91. The Balaban J connectivity index is 1.43. The molecule has 2 heterocycles. The van der Waals surface area contributed by atoms with Crippen LogP contribution >= 0.6 is 38.9 Å². The number of nitrogens with zero attached hydrogens (tertiary/aromatic N) is 2. The van der Waals surface area contributed by atoms with Crippen LogP contribution in [0.5, 0.6) is 5.75 Å². The number of halogens is 2. The normalized spacial score (nSPS) is 14.9. The van der Waals surface area contributed by atoms with E-state index in [2.05, 4.69) is 15.9 Å². The highest BCUT2D eigenvalue weighted by Gasteiger charge is 2.34. The number of hydrogen-bond donors (Lipinski definition) is 0. The van der Waals surface area contributed by atoms with Crippen molar-refractivity contribution in [2.24, 2.45) is 4.99 Å². The summed E-state index contributed by atoms with van der Waals surface area (Å²) in [7, 11) is 0. The molecule has 0 aliphatic carbocycles. The molecule has 4 aromatic carbocycles. The number of thiazole rings is 1. The Morgan fingerprint density at radius 3 is 2.63 bits per heavy atom. The van der Waals surface area contributed by atoms with Gasteiger partial charge >= 0.3 is 5.97 Å². The first kappa shape index (κ1) is 29.1. The lowest BCUT2D eigenvalue weighted by molar-refractivity contribution is -0.139. The summed E-state index contributed by atoms with van der Waals surface area (Å²) in [6.07, 6.45) is 1.83. The molecule has 1 aliphatic heterocycles. The predicted molar refractivity (Wildman–Crippen MR) is 174 cm³/mol. The third-order valence-corrected chi connectivity index (χ3v) is 9.20. The van der Waals surface area contributed by atoms with Gasteiger partial charge < -0.3 is 9.47 Å². The quantitative estimate of drug-likeness (QED) is 0.176. The van der Waals surface area contributed by atoms with Gasteiger partial charge in [-0.2, -0.15) is 0 Å². The molecule has 0 radical (unpaired) electrons. The third-order valence-electron chi connectivity index (χ3n) is 7.23. The lowest BCUT2D eigenvalue weighted by Gasteiger charge is -2.25. The molecule has 0 amide bonds. The maximum Gasteiger partial charge on any atom is 0.338 e. The fourth-order valence-corrected chi connectivity index (χ4v) is 6.97. The fraction of sp³-hybridized carbons (Fsp3) is 0.147. The molecule has 0 saturated carbocycles. The van der Waals surface area contributed by atoms with E-state index in [0.29, 0.717) is 38.0 Å². The molecule has 0 spiro atoms. The van der Waals surface area contributed by atoms with E-state index in [9.17, 15) is 9.59 Å². The number of aromatic nitrogens is 1. The molecule has 1 aliphatic rings. The van der Waals surface area contributed by atoms with E-state index in [1.807, 2.05) is 91.0 Å². The summed E-state index contributed by atoms with van der Waals surface area (Å²) < 4.78 is 14.3. The third kappa shape index (κ3) is 5.70. The smallest absolute Gasteiger partial charge is 0.338 e. The molecule has 0 bridgehead atoms. The minimum atomic E-state index is -0.684. The van der Waals surface area contributed by atoms with Gasteiger partial charge in [0.25, 0.3) is 5.56 Å². The fourth-order valence-electron chi connectivity index (χ4n) is 5.22. The molecular formula is C34H26BrClN2O4S. The van der Waals surface area contributed by atoms with Crippen molar-refractivity contribution in [1.82, 2.24) is 4.57 Å². The van der Waals surface area contributed by atoms with E-state index in [1.165, 1.54) is 11.3 Å². The summed E-state index contributed by atoms with van der Waals surface area (Å²) in [6.45, 7) is 4.10. The number of rotatable bonds is 7. The van der Waals surface area contributed by atoms with E-state index in [1.54, 1.807) is 18.4 Å². The van der Waals surface area contributed by atoms with Crippen LogP contribution in [0.1, 0.15) is 36.6 Å². The van der Waals surface area contributed by atoms with E-state index in [4.69, 9.17) is 26.1 Å². The van der Waals surface area contributed by atoms with Crippen molar-refractivity contribution in [3.63, 3.8) is 0 Å². The second-order valence-electron chi connectivity index (χ2n) is 9.94. The molecule has 1 aromatic heterocycles. The zero-order chi connectivity index (χ0) is 30.1. The van der Waals surface area contributed by atoms with Crippen LogP contribution < -0.4 is 19.6 Å². The van der Waals surface area contributed by atoms with Crippen LogP contribution in [-0.2, 0) is 16.1 Å². The van der Waals surface area contributed by atoms with Crippen molar-refractivity contribution in [3.8, 4) is 5.75 Å². The average molecular weight is 674 g/mol. The van der Waals surface area contributed by atoms with Gasteiger partial charge in [0.05, 0.1) is 32.9 Å². The van der Waals surface area contributed by atoms with E-state index in [0.717, 1.165) is 31.9 Å². The van der Waals surface area contributed by atoms with E-state index < -0.39 is 12.0 Å². The van der Waals surface area contributed by atoms with Gasteiger partial charge in [0.15, 0.2) is 4.80 Å². The molecule has 216 valence electrons. The molecule has 0 unspecified atom stereocenters. The van der Waals surface area contributed by atoms with Gasteiger partial charge in [-0.15, -0.1) is 0 Å². The maximum atomic E-state index is 14.1. The molecule has 6 rings (SSSR count). The van der Waals surface area contributed by atoms with E-state index >= 15 is 0 Å². The second kappa shape index (κ2) is 12.3. The number of benzene rings is 4. The van der Waals surface area contributed by atoms with Crippen molar-refractivity contribution in [3.05, 3.63) is 142 Å². The maximum absolute atomic E-state index is 14.1. The Hall–Kier alpha value is -3.98. The first-order chi connectivity index (χ1) is 20.9. The van der Waals surface area contributed by atoms with Gasteiger partial charge in [-0.25, -0.2) is 9.79 Å². The lowest BCUT2D eigenvalue weighted by Crippen LogP contribution is -2.40. The van der Waals surface area contributed by atoms with Gasteiger partial charge in [-0.3, -0.25) is 9.36 Å². The molecule has 9 heteroatoms. The first-order valence-electron chi connectivity index (χ1n) is 13.7. The van der Waals surface area contributed by atoms with Crippen molar-refractivity contribution in [1.29, 1.82) is 0 Å². The van der Waals surface area contributed by atoms with Crippen LogP contribution in [0.4, 0.5) is 0 Å². The van der Waals surface area contributed by atoms with Crippen LogP contribution in [-0.4, -0.2) is 17.1 Å². The largest absolute Gasteiger partial charge is 0.488 e. The zero-order valence-electron chi connectivity index (χ0n) is 23.3. The van der Waals surface area contributed by atoms with Crippen molar-refractivity contribution >= 4 is 61.7 Å². The number of esters is 1. The highest BCUT2D eigenvalue weighted by Crippen LogP contribution is 2.35. The second-order valence-corrected chi connectivity index (χ2v) is 12.2. The Morgan fingerprint density at radius 2 is 1.84 bits per heavy atom.